The van der Waals surface area contributed by atoms with Gasteiger partial charge in [0.2, 0.25) is 5.82 Å². The quantitative estimate of drug-likeness (QED) is 0.447. The van der Waals surface area contributed by atoms with Gasteiger partial charge in [0.25, 0.3) is 5.91 Å². The first kappa shape index (κ1) is 19.6. The molecule has 1 aliphatic heterocycles. The van der Waals surface area contributed by atoms with Gasteiger partial charge in [0.1, 0.15) is 5.56 Å². The van der Waals surface area contributed by atoms with Gasteiger partial charge < -0.3 is 9.47 Å². The van der Waals surface area contributed by atoms with Crippen molar-refractivity contribution in [3.8, 4) is 11.5 Å². The molecule has 0 N–H and O–H groups in total. The molecule has 0 radical (unpaired) electrons. The molecule has 1 amide bonds. The van der Waals surface area contributed by atoms with Gasteiger partial charge in [0.05, 0.1) is 26.5 Å². The van der Waals surface area contributed by atoms with Gasteiger partial charge in [-0.15, -0.1) is 0 Å². The molecule has 10 heteroatoms. The summed E-state index contributed by atoms with van der Waals surface area (Å²) in [5.41, 5.74) is -0.628. The molecule has 2 aromatic rings. The third-order valence-electron chi connectivity index (χ3n) is 4.18. The maximum atomic E-state index is 13.9. The van der Waals surface area contributed by atoms with Crippen LogP contribution >= 0.6 is 0 Å². The smallest absolute Gasteiger partial charge is 0.280 e. The Morgan fingerprint density at radius 1 is 0.929 bits per heavy atom. The van der Waals surface area contributed by atoms with Gasteiger partial charge in [-0.3, -0.25) is 4.79 Å². The van der Waals surface area contributed by atoms with Crippen LogP contribution in [0.25, 0.3) is 0 Å². The number of hydrogen-bond acceptors (Lipinski definition) is 4. The molecule has 1 heterocycles. The topological polar surface area (TPSA) is 51.1 Å². The molecule has 0 saturated carbocycles. The second kappa shape index (κ2) is 7.45. The zero-order valence-corrected chi connectivity index (χ0v) is 14.7. The van der Waals surface area contributed by atoms with Crippen molar-refractivity contribution in [2.45, 2.75) is 6.42 Å². The van der Waals surface area contributed by atoms with Crippen molar-refractivity contribution >= 4 is 11.6 Å². The summed E-state index contributed by atoms with van der Waals surface area (Å²) in [6, 6.07) is 4.82. The van der Waals surface area contributed by atoms with Crippen LogP contribution in [0.4, 0.5) is 22.0 Å². The van der Waals surface area contributed by atoms with E-state index in [-0.39, 0.29) is 13.0 Å². The van der Waals surface area contributed by atoms with Crippen LogP contribution in [-0.2, 0) is 0 Å². The van der Waals surface area contributed by atoms with Gasteiger partial charge in [0, 0.05) is 12.0 Å². The normalized spacial score (nSPS) is 13.5. The van der Waals surface area contributed by atoms with E-state index in [0.29, 0.717) is 27.8 Å². The summed E-state index contributed by atoms with van der Waals surface area (Å²) in [7, 11) is 2.88. The van der Waals surface area contributed by atoms with Crippen LogP contribution in [0.3, 0.4) is 0 Å². The highest BCUT2D eigenvalue weighted by Crippen LogP contribution is 2.30. The Morgan fingerprint density at radius 3 is 2.07 bits per heavy atom. The third-order valence-corrected chi connectivity index (χ3v) is 4.18. The van der Waals surface area contributed by atoms with Crippen LogP contribution in [0, 0.1) is 29.1 Å². The number of amides is 1. The van der Waals surface area contributed by atoms with Gasteiger partial charge >= 0.3 is 0 Å². The van der Waals surface area contributed by atoms with Crippen LogP contribution in [0.15, 0.2) is 23.3 Å². The largest absolute Gasteiger partial charge is 0.493 e. The number of hydrazone groups is 1. The standard InChI is InChI=1S/C18H13F5N2O3/c1-27-10-4-3-8(7-11(10)28-2)9-5-6-25(24-9)18(26)12-13(19)15(21)17(23)16(22)14(12)20/h3-4,7H,5-6H2,1-2H3. The van der Waals surface area contributed by atoms with E-state index in [1.54, 1.807) is 18.2 Å². The first-order valence-corrected chi connectivity index (χ1v) is 7.93. The highest BCUT2D eigenvalue weighted by molar-refractivity contribution is 6.04. The van der Waals surface area contributed by atoms with E-state index < -0.39 is 40.6 Å². The molecule has 0 atom stereocenters. The molecule has 0 aliphatic carbocycles. The van der Waals surface area contributed by atoms with Crippen LogP contribution in [0.1, 0.15) is 22.3 Å². The second-order valence-corrected chi connectivity index (χ2v) is 5.74. The summed E-state index contributed by atoms with van der Waals surface area (Å²) in [5, 5.41) is 4.62. The Balaban J connectivity index is 1.96. The summed E-state index contributed by atoms with van der Waals surface area (Å²) < 4.78 is 77.9. The van der Waals surface area contributed by atoms with Gasteiger partial charge in [-0.1, -0.05) is 0 Å². The molecule has 28 heavy (non-hydrogen) atoms. The van der Waals surface area contributed by atoms with E-state index in [4.69, 9.17) is 9.47 Å². The summed E-state index contributed by atoms with van der Waals surface area (Å²) in [6.07, 6.45) is 0.205. The number of rotatable bonds is 4. The van der Waals surface area contributed by atoms with E-state index in [1.807, 2.05) is 0 Å². The summed E-state index contributed by atoms with van der Waals surface area (Å²) in [6.45, 7) is -0.0952. The number of carbonyl (C=O) groups excluding carboxylic acids is 1. The minimum absolute atomic E-state index is 0.0952. The molecule has 2 aromatic carbocycles. The van der Waals surface area contributed by atoms with Gasteiger partial charge in [-0.25, -0.2) is 27.0 Å². The van der Waals surface area contributed by atoms with Crippen molar-refractivity contribution in [3.05, 3.63) is 58.4 Å². The lowest BCUT2D eigenvalue weighted by Gasteiger charge is -2.13. The van der Waals surface area contributed by atoms with E-state index in [2.05, 4.69) is 5.10 Å². The molecule has 0 spiro atoms. The molecule has 3 rings (SSSR count). The average molecular weight is 400 g/mol. The molecule has 148 valence electrons. The molecule has 0 saturated heterocycles. The lowest BCUT2D eigenvalue weighted by atomic mass is 10.1. The molecular formula is C18H13F5N2O3. The van der Waals surface area contributed by atoms with Crippen molar-refractivity contribution in [2.24, 2.45) is 5.10 Å². The fourth-order valence-electron chi connectivity index (χ4n) is 2.74. The molecule has 5 nitrogen and oxygen atoms in total. The summed E-state index contributed by atoms with van der Waals surface area (Å²) in [5.74, 6) is -11.7. The third kappa shape index (κ3) is 3.14. The van der Waals surface area contributed by atoms with Crippen LogP contribution in [-0.4, -0.2) is 37.4 Å². The first-order valence-electron chi connectivity index (χ1n) is 7.93. The van der Waals surface area contributed by atoms with Crippen molar-refractivity contribution in [1.29, 1.82) is 0 Å². The second-order valence-electron chi connectivity index (χ2n) is 5.74. The molecule has 0 aromatic heterocycles. The van der Waals surface area contributed by atoms with Gasteiger partial charge in [-0.2, -0.15) is 5.10 Å². The molecular weight excluding hydrogens is 387 g/mol. The van der Waals surface area contributed by atoms with E-state index in [9.17, 15) is 26.7 Å². The van der Waals surface area contributed by atoms with Crippen molar-refractivity contribution in [3.63, 3.8) is 0 Å². The number of nitrogens with zero attached hydrogens (tertiary/aromatic N) is 2. The lowest BCUT2D eigenvalue weighted by Crippen LogP contribution is -2.27. The van der Waals surface area contributed by atoms with Crippen molar-refractivity contribution in [2.75, 3.05) is 20.8 Å². The Labute approximate surface area is 156 Å². The van der Waals surface area contributed by atoms with Gasteiger partial charge in [0.15, 0.2) is 34.8 Å². The number of ether oxygens (including phenoxy) is 2. The predicted molar refractivity (Wildman–Crippen MR) is 88.0 cm³/mol. The van der Waals surface area contributed by atoms with E-state index >= 15 is 0 Å². The molecule has 0 bridgehead atoms. The zero-order valence-electron chi connectivity index (χ0n) is 14.7. The lowest BCUT2D eigenvalue weighted by molar-refractivity contribution is 0.0765. The highest BCUT2D eigenvalue weighted by atomic mass is 19.2. The van der Waals surface area contributed by atoms with Crippen LogP contribution in [0.5, 0.6) is 11.5 Å². The predicted octanol–water partition coefficient (Wildman–Crippen LogP) is 3.65. The van der Waals surface area contributed by atoms with E-state index in [1.165, 1.54) is 14.2 Å². The average Bonchev–Trinajstić information content (AvgIpc) is 3.20. The minimum atomic E-state index is -2.33. The minimum Gasteiger partial charge on any atom is -0.493 e. The first-order chi connectivity index (χ1) is 13.3. The SMILES string of the molecule is COc1ccc(C2=NN(C(=O)c3c(F)c(F)c(F)c(F)c3F)CC2)cc1OC. The maximum absolute atomic E-state index is 13.9. The number of hydrogen-bond donors (Lipinski definition) is 0. The number of carbonyl (C=O) groups is 1. The number of methoxy groups -OCH3 is 2. The molecule has 0 unspecified atom stereocenters. The maximum Gasteiger partial charge on any atom is 0.280 e. The Hall–Kier alpha value is -3.17. The van der Waals surface area contributed by atoms with Gasteiger partial charge in [-0.05, 0) is 18.2 Å². The molecule has 1 aliphatic rings. The van der Waals surface area contributed by atoms with Crippen LogP contribution in [0.2, 0.25) is 0 Å². The fourth-order valence-corrected chi connectivity index (χ4v) is 2.74. The Morgan fingerprint density at radius 2 is 1.50 bits per heavy atom. The Bertz CT molecular complexity index is 965. The van der Waals surface area contributed by atoms with Crippen LogP contribution < -0.4 is 9.47 Å². The fraction of sp³-hybridized carbons (Fsp3) is 0.222. The number of halogens is 5. The summed E-state index contributed by atoms with van der Waals surface area (Å²) in [4.78, 5) is 12.3. The Kier molecular flexibility index (Phi) is 5.21. The van der Waals surface area contributed by atoms with Crippen molar-refractivity contribution in [1.82, 2.24) is 5.01 Å². The molecule has 0 fully saturated rings. The monoisotopic (exact) mass is 400 g/mol. The van der Waals surface area contributed by atoms with E-state index in [0.717, 1.165) is 0 Å². The summed E-state index contributed by atoms with van der Waals surface area (Å²) >= 11 is 0. The van der Waals surface area contributed by atoms with Crippen molar-refractivity contribution < 1.29 is 36.2 Å². The zero-order chi connectivity index (χ0) is 20.6. The highest BCUT2D eigenvalue weighted by Gasteiger charge is 2.34. The number of benzene rings is 2.